The van der Waals surface area contributed by atoms with Gasteiger partial charge < -0.3 is 10.3 Å². The van der Waals surface area contributed by atoms with Gasteiger partial charge in [0.05, 0.1) is 0 Å². The highest BCUT2D eigenvalue weighted by molar-refractivity contribution is 6.31. The molecule has 0 saturated carbocycles. The molecule has 0 saturated heterocycles. The van der Waals surface area contributed by atoms with E-state index >= 15 is 0 Å². The second kappa shape index (κ2) is 6.15. The van der Waals surface area contributed by atoms with Gasteiger partial charge in [0.15, 0.2) is 11.6 Å². The van der Waals surface area contributed by atoms with E-state index in [9.17, 15) is 13.6 Å². The molecule has 6 heteroatoms. The third-order valence-electron chi connectivity index (χ3n) is 4.67. The average Bonchev–Trinajstić information content (AvgIpc) is 2.94. The van der Waals surface area contributed by atoms with Crippen LogP contribution in [-0.4, -0.2) is 16.9 Å². The first-order chi connectivity index (χ1) is 12.0. The molecule has 1 heterocycles. The molecule has 0 aliphatic heterocycles. The van der Waals surface area contributed by atoms with E-state index in [1.54, 1.807) is 0 Å². The minimum absolute atomic E-state index is 0.0530. The van der Waals surface area contributed by atoms with E-state index in [-0.39, 0.29) is 11.6 Å². The summed E-state index contributed by atoms with van der Waals surface area (Å²) in [6.07, 6.45) is 2.28. The lowest BCUT2D eigenvalue weighted by molar-refractivity contribution is 0.0933. The molecule has 0 fully saturated rings. The quantitative estimate of drug-likeness (QED) is 0.699. The van der Waals surface area contributed by atoms with Crippen molar-refractivity contribution in [2.45, 2.75) is 25.3 Å². The number of halogens is 3. The van der Waals surface area contributed by atoms with Crippen LogP contribution in [0, 0.1) is 11.6 Å². The molecule has 1 atom stereocenters. The Morgan fingerprint density at radius 2 is 2.00 bits per heavy atom. The van der Waals surface area contributed by atoms with E-state index in [0.717, 1.165) is 41.6 Å². The van der Waals surface area contributed by atoms with Gasteiger partial charge in [-0.2, -0.15) is 0 Å². The fraction of sp³-hybridized carbons (Fsp3) is 0.211. The molecule has 0 spiro atoms. The summed E-state index contributed by atoms with van der Waals surface area (Å²) in [7, 11) is 0. The van der Waals surface area contributed by atoms with Crippen molar-refractivity contribution in [3.8, 4) is 0 Å². The van der Waals surface area contributed by atoms with Crippen molar-refractivity contribution >= 4 is 28.4 Å². The van der Waals surface area contributed by atoms with Crippen LogP contribution in [0.1, 0.15) is 28.0 Å². The highest BCUT2D eigenvalue weighted by atomic mass is 35.5. The molecule has 1 aliphatic rings. The van der Waals surface area contributed by atoms with E-state index in [0.29, 0.717) is 11.4 Å². The van der Waals surface area contributed by atoms with Crippen molar-refractivity contribution in [3.05, 3.63) is 69.9 Å². The van der Waals surface area contributed by atoms with Gasteiger partial charge in [0.2, 0.25) is 0 Å². The maximum atomic E-state index is 13.3. The summed E-state index contributed by atoms with van der Waals surface area (Å²) >= 11 is 6.04. The van der Waals surface area contributed by atoms with Crippen LogP contribution in [0.15, 0.2) is 36.4 Å². The van der Waals surface area contributed by atoms with Gasteiger partial charge in [-0.05, 0) is 55.2 Å². The molecule has 2 N–H and O–H groups in total. The summed E-state index contributed by atoms with van der Waals surface area (Å²) in [5.41, 5.74) is 3.45. The van der Waals surface area contributed by atoms with E-state index < -0.39 is 17.5 Å². The maximum absolute atomic E-state index is 13.3. The Balaban J connectivity index is 1.55. The number of aryl methyl sites for hydroxylation is 1. The predicted molar refractivity (Wildman–Crippen MR) is 92.9 cm³/mol. The van der Waals surface area contributed by atoms with Crippen molar-refractivity contribution in [1.82, 2.24) is 10.3 Å². The van der Waals surface area contributed by atoms with Gasteiger partial charge in [-0.15, -0.1) is 0 Å². The molecule has 2 aromatic carbocycles. The minimum Gasteiger partial charge on any atom is -0.358 e. The van der Waals surface area contributed by atoms with Gasteiger partial charge in [0, 0.05) is 33.2 Å². The zero-order valence-electron chi connectivity index (χ0n) is 13.2. The lowest BCUT2D eigenvalue weighted by Gasteiger charge is -2.23. The maximum Gasteiger partial charge on any atom is 0.251 e. The lowest BCUT2D eigenvalue weighted by Crippen LogP contribution is -2.38. The number of carbonyl (C=O) groups is 1. The van der Waals surface area contributed by atoms with Crippen LogP contribution < -0.4 is 5.32 Å². The molecule has 0 radical (unpaired) electrons. The van der Waals surface area contributed by atoms with Gasteiger partial charge in [-0.25, -0.2) is 8.78 Å². The van der Waals surface area contributed by atoms with Crippen LogP contribution in [0.25, 0.3) is 10.9 Å². The van der Waals surface area contributed by atoms with Crippen molar-refractivity contribution < 1.29 is 13.6 Å². The number of H-pyrrole nitrogens is 1. The second-order valence-electron chi connectivity index (χ2n) is 6.31. The summed E-state index contributed by atoms with van der Waals surface area (Å²) in [5, 5.41) is 4.70. The van der Waals surface area contributed by atoms with E-state index in [2.05, 4.69) is 10.3 Å². The summed E-state index contributed by atoms with van der Waals surface area (Å²) in [4.78, 5) is 15.7. The summed E-state index contributed by atoms with van der Waals surface area (Å²) < 4.78 is 26.3. The van der Waals surface area contributed by atoms with E-state index in [4.69, 9.17) is 11.6 Å². The summed E-state index contributed by atoms with van der Waals surface area (Å²) in [6.45, 7) is 0. The normalized spacial score (nSPS) is 16.7. The number of carbonyl (C=O) groups excluding carboxylic acids is 1. The Kier molecular flexibility index (Phi) is 3.96. The first kappa shape index (κ1) is 16.1. The van der Waals surface area contributed by atoms with Crippen molar-refractivity contribution in [2.75, 3.05) is 0 Å². The van der Waals surface area contributed by atoms with E-state index in [1.807, 2.05) is 18.2 Å². The molecule has 3 aromatic rings. The smallest absolute Gasteiger partial charge is 0.251 e. The highest BCUT2D eigenvalue weighted by Gasteiger charge is 2.24. The topological polar surface area (TPSA) is 44.9 Å². The molecule has 1 aromatic heterocycles. The van der Waals surface area contributed by atoms with Gasteiger partial charge in [0.1, 0.15) is 0 Å². The Morgan fingerprint density at radius 1 is 1.16 bits per heavy atom. The molecule has 1 aliphatic carbocycles. The predicted octanol–water partition coefficient (Wildman–Crippen LogP) is 4.39. The SMILES string of the molecule is O=C(NC1CCc2[nH]c3cc(Cl)ccc3c2C1)c1ccc(F)c(F)c1. The number of aromatic amines is 1. The number of amides is 1. The number of hydrogen-bond acceptors (Lipinski definition) is 1. The average molecular weight is 361 g/mol. The monoisotopic (exact) mass is 360 g/mol. The Labute approximate surface area is 148 Å². The van der Waals surface area contributed by atoms with Crippen molar-refractivity contribution in [2.24, 2.45) is 0 Å². The molecule has 0 bridgehead atoms. The number of rotatable bonds is 2. The number of aromatic nitrogens is 1. The van der Waals surface area contributed by atoms with Crippen molar-refractivity contribution in [3.63, 3.8) is 0 Å². The van der Waals surface area contributed by atoms with Crippen LogP contribution in [0.3, 0.4) is 0 Å². The Morgan fingerprint density at radius 3 is 2.80 bits per heavy atom. The molecule has 4 rings (SSSR count). The molecule has 1 amide bonds. The number of hydrogen-bond donors (Lipinski definition) is 2. The third-order valence-corrected chi connectivity index (χ3v) is 4.90. The van der Waals surface area contributed by atoms with Gasteiger partial charge in [-0.1, -0.05) is 17.7 Å². The van der Waals surface area contributed by atoms with Crippen molar-refractivity contribution in [1.29, 1.82) is 0 Å². The minimum atomic E-state index is -1.02. The summed E-state index contributed by atoms with van der Waals surface area (Å²) in [5.74, 6) is -2.38. The molecular weight excluding hydrogens is 346 g/mol. The molecule has 3 nitrogen and oxygen atoms in total. The molecule has 25 heavy (non-hydrogen) atoms. The molecular formula is C19H15ClF2N2O. The zero-order valence-corrected chi connectivity index (χ0v) is 14.0. The molecule has 1 unspecified atom stereocenters. The highest BCUT2D eigenvalue weighted by Crippen LogP contribution is 2.30. The second-order valence-corrected chi connectivity index (χ2v) is 6.75. The number of fused-ring (bicyclic) bond motifs is 3. The largest absolute Gasteiger partial charge is 0.358 e. The van der Waals surface area contributed by atoms with Crippen LogP contribution in [0.4, 0.5) is 8.78 Å². The van der Waals surface area contributed by atoms with Crippen LogP contribution in [-0.2, 0) is 12.8 Å². The fourth-order valence-electron chi connectivity index (χ4n) is 3.43. The van der Waals surface area contributed by atoms with Gasteiger partial charge in [0.25, 0.3) is 5.91 Å². The van der Waals surface area contributed by atoms with Gasteiger partial charge in [-0.3, -0.25) is 4.79 Å². The van der Waals surface area contributed by atoms with E-state index in [1.165, 1.54) is 11.6 Å². The fourth-order valence-corrected chi connectivity index (χ4v) is 3.60. The van der Waals surface area contributed by atoms with Crippen LogP contribution in [0.2, 0.25) is 5.02 Å². The third kappa shape index (κ3) is 3.00. The van der Waals surface area contributed by atoms with Gasteiger partial charge >= 0.3 is 0 Å². The first-order valence-corrected chi connectivity index (χ1v) is 8.44. The summed E-state index contributed by atoms with van der Waals surface area (Å²) in [6, 6.07) is 8.84. The van der Waals surface area contributed by atoms with Crippen LogP contribution in [0.5, 0.6) is 0 Å². The number of benzene rings is 2. The Hall–Kier alpha value is -2.40. The lowest BCUT2D eigenvalue weighted by atomic mass is 9.91. The van der Waals surface area contributed by atoms with Crippen LogP contribution >= 0.6 is 11.6 Å². The zero-order chi connectivity index (χ0) is 17.6. The Bertz CT molecular complexity index is 983. The number of nitrogens with one attached hydrogen (secondary N) is 2. The first-order valence-electron chi connectivity index (χ1n) is 8.06. The standard InChI is InChI=1S/C19H15ClF2N2O/c20-11-2-4-13-14-9-12(3-6-17(14)24-18(13)8-11)23-19(25)10-1-5-15(21)16(22)7-10/h1-2,4-5,7-8,12,24H,3,6,9H2,(H,23,25). The molecule has 128 valence electrons.